The van der Waals surface area contributed by atoms with E-state index in [0.717, 1.165) is 11.1 Å². The molecule has 0 radical (unpaired) electrons. The minimum absolute atomic E-state index is 0.0453. The van der Waals surface area contributed by atoms with E-state index in [2.05, 4.69) is 0 Å². The van der Waals surface area contributed by atoms with Gasteiger partial charge in [-0.05, 0) is 59.4 Å². The summed E-state index contributed by atoms with van der Waals surface area (Å²) in [5.74, 6) is -1.26. The van der Waals surface area contributed by atoms with Crippen molar-refractivity contribution in [1.82, 2.24) is 0 Å². The Hall–Kier alpha value is -2.62. The molecular formula is C20H22O4. The molecule has 24 heavy (non-hydrogen) atoms. The number of aromatic hydroxyl groups is 2. The monoisotopic (exact) mass is 326 g/mol. The number of hydrogen-bond donors (Lipinski definition) is 2. The Balaban J connectivity index is 2.42. The van der Waals surface area contributed by atoms with Crippen molar-refractivity contribution >= 4 is 11.6 Å². The molecule has 0 spiro atoms. The second-order valence-corrected chi connectivity index (χ2v) is 6.59. The molecule has 0 saturated carbocycles. The van der Waals surface area contributed by atoms with E-state index in [4.69, 9.17) is 0 Å². The molecule has 4 nitrogen and oxygen atoms in total. The summed E-state index contributed by atoms with van der Waals surface area (Å²) in [5, 5.41) is 19.6. The molecule has 0 aromatic heterocycles. The van der Waals surface area contributed by atoms with Crippen molar-refractivity contribution in [1.29, 1.82) is 0 Å². The van der Waals surface area contributed by atoms with Gasteiger partial charge in [-0.3, -0.25) is 9.59 Å². The molecule has 0 unspecified atom stereocenters. The highest BCUT2D eigenvalue weighted by molar-refractivity contribution is 6.49. The van der Waals surface area contributed by atoms with Crippen molar-refractivity contribution in [2.24, 2.45) is 0 Å². The van der Waals surface area contributed by atoms with Crippen LogP contribution in [0.2, 0.25) is 0 Å². The molecule has 0 amide bonds. The van der Waals surface area contributed by atoms with Crippen LogP contribution < -0.4 is 0 Å². The first-order valence-corrected chi connectivity index (χ1v) is 7.96. The molecule has 2 rings (SSSR count). The minimum Gasteiger partial charge on any atom is -0.508 e. The zero-order chi connectivity index (χ0) is 18.0. The summed E-state index contributed by atoms with van der Waals surface area (Å²) in [5.41, 5.74) is 1.87. The zero-order valence-corrected chi connectivity index (χ0v) is 14.3. The lowest BCUT2D eigenvalue weighted by molar-refractivity contribution is 0.0816. The normalized spacial score (nSPS) is 11.1. The van der Waals surface area contributed by atoms with Crippen molar-refractivity contribution in [3.63, 3.8) is 0 Å². The summed E-state index contributed by atoms with van der Waals surface area (Å²) < 4.78 is 0. The third-order valence-corrected chi connectivity index (χ3v) is 3.94. The Morgan fingerprint density at radius 2 is 1.00 bits per heavy atom. The number of carbonyl (C=O) groups is 2. The van der Waals surface area contributed by atoms with Crippen molar-refractivity contribution in [2.45, 2.75) is 39.5 Å². The predicted octanol–water partition coefficient (Wildman–Crippen LogP) is 4.41. The van der Waals surface area contributed by atoms with Gasteiger partial charge in [-0.15, -0.1) is 0 Å². The Morgan fingerprint density at radius 1 is 0.667 bits per heavy atom. The molecule has 0 bridgehead atoms. The lowest BCUT2D eigenvalue weighted by atomic mass is 9.93. The Morgan fingerprint density at radius 3 is 1.29 bits per heavy atom. The molecule has 2 aromatic carbocycles. The molecule has 0 saturated heterocycles. The molecule has 0 aliphatic heterocycles. The summed E-state index contributed by atoms with van der Waals surface area (Å²) in [4.78, 5) is 25.0. The number of hydrogen-bond acceptors (Lipinski definition) is 4. The van der Waals surface area contributed by atoms with Gasteiger partial charge in [-0.1, -0.05) is 27.7 Å². The van der Waals surface area contributed by atoms with Crippen LogP contribution in [0.4, 0.5) is 0 Å². The van der Waals surface area contributed by atoms with E-state index < -0.39 is 11.6 Å². The smallest absolute Gasteiger partial charge is 0.233 e. The van der Waals surface area contributed by atoms with Gasteiger partial charge in [0.15, 0.2) is 0 Å². The van der Waals surface area contributed by atoms with E-state index in [1.807, 2.05) is 27.7 Å². The van der Waals surface area contributed by atoms with Crippen LogP contribution in [-0.4, -0.2) is 21.8 Å². The first-order chi connectivity index (χ1) is 11.2. The van der Waals surface area contributed by atoms with Crippen LogP contribution in [0.25, 0.3) is 0 Å². The van der Waals surface area contributed by atoms with Gasteiger partial charge in [-0.25, -0.2) is 0 Å². The van der Waals surface area contributed by atoms with Gasteiger partial charge >= 0.3 is 0 Å². The van der Waals surface area contributed by atoms with E-state index >= 15 is 0 Å². The molecule has 4 heteroatoms. The number of rotatable bonds is 5. The highest BCUT2D eigenvalue weighted by atomic mass is 16.3. The van der Waals surface area contributed by atoms with E-state index in [-0.39, 0.29) is 34.5 Å². The fourth-order valence-electron chi connectivity index (χ4n) is 2.46. The molecule has 0 atom stereocenters. The zero-order valence-electron chi connectivity index (χ0n) is 14.3. The van der Waals surface area contributed by atoms with Gasteiger partial charge in [0.1, 0.15) is 11.5 Å². The van der Waals surface area contributed by atoms with Crippen LogP contribution in [-0.2, 0) is 0 Å². The summed E-state index contributed by atoms with van der Waals surface area (Å²) in [6, 6.07) is 8.98. The first-order valence-electron chi connectivity index (χ1n) is 7.96. The molecule has 0 fully saturated rings. The van der Waals surface area contributed by atoms with Gasteiger partial charge in [0.2, 0.25) is 11.6 Å². The third kappa shape index (κ3) is 3.82. The second-order valence-electron chi connectivity index (χ2n) is 6.59. The molecule has 2 N–H and O–H groups in total. The number of Topliss-reactive ketones (excluding diaryl/α,β-unsaturated/α-hetero) is 2. The summed E-state index contributed by atoms with van der Waals surface area (Å²) in [6.45, 7) is 7.76. The number of ketones is 2. The Bertz CT molecular complexity index is 721. The van der Waals surface area contributed by atoms with Gasteiger partial charge in [0.25, 0.3) is 0 Å². The fraction of sp³-hybridized carbons (Fsp3) is 0.300. The predicted molar refractivity (Wildman–Crippen MR) is 93.1 cm³/mol. The van der Waals surface area contributed by atoms with Crippen LogP contribution >= 0.6 is 0 Å². The Labute approximate surface area is 141 Å². The molecule has 0 aliphatic carbocycles. The van der Waals surface area contributed by atoms with Crippen molar-refractivity contribution in [3.8, 4) is 11.5 Å². The maximum atomic E-state index is 12.5. The number of benzene rings is 2. The number of phenols is 2. The van der Waals surface area contributed by atoms with Crippen molar-refractivity contribution in [3.05, 3.63) is 58.7 Å². The van der Waals surface area contributed by atoms with Gasteiger partial charge in [0.05, 0.1) is 0 Å². The topological polar surface area (TPSA) is 74.6 Å². The maximum Gasteiger partial charge on any atom is 0.233 e. The van der Waals surface area contributed by atoms with Crippen LogP contribution in [0, 0.1) is 0 Å². The Kier molecular flexibility index (Phi) is 5.07. The van der Waals surface area contributed by atoms with E-state index in [1.54, 1.807) is 24.3 Å². The molecule has 0 heterocycles. The highest BCUT2D eigenvalue weighted by Gasteiger charge is 2.21. The van der Waals surface area contributed by atoms with E-state index in [1.165, 1.54) is 12.1 Å². The van der Waals surface area contributed by atoms with Gasteiger partial charge < -0.3 is 10.2 Å². The first kappa shape index (κ1) is 17.7. The maximum absolute atomic E-state index is 12.5. The minimum atomic E-state index is -0.701. The second kappa shape index (κ2) is 6.87. The number of carbonyl (C=O) groups excluding carboxylic acids is 2. The summed E-state index contributed by atoms with van der Waals surface area (Å²) in [7, 11) is 0. The summed E-state index contributed by atoms with van der Waals surface area (Å²) >= 11 is 0. The lowest BCUT2D eigenvalue weighted by Crippen LogP contribution is -2.15. The standard InChI is InChI=1S/C20H22O4/c1-11(2)13-5-15(9-17(21)7-13)19(23)20(24)16-6-14(12(3)4)8-18(22)10-16/h5-12,21-22H,1-4H3. The molecule has 126 valence electrons. The van der Waals surface area contributed by atoms with Crippen molar-refractivity contribution < 1.29 is 19.8 Å². The summed E-state index contributed by atoms with van der Waals surface area (Å²) in [6.07, 6.45) is 0. The van der Waals surface area contributed by atoms with E-state index in [0.29, 0.717) is 0 Å². The van der Waals surface area contributed by atoms with E-state index in [9.17, 15) is 19.8 Å². The fourth-order valence-corrected chi connectivity index (χ4v) is 2.46. The lowest BCUT2D eigenvalue weighted by Gasteiger charge is -2.10. The van der Waals surface area contributed by atoms with Crippen LogP contribution in [0.5, 0.6) is 11.5 Å². The average Bonchev–Trinajstić information content (AvgIpc) is 2.52. The van der Waals surface area contributed by atoms with Gasteiger partial charge in [-0.2, -0.15) is 0 Å². The molecule has 2 aromatic rings. The van der Waals surface area contributed by atoms with Crippen LogP contribution in [0.1, 0.15) is 71.4 Å². The number of phenolic OH excluding ortho intramolecular Hbond substituents is 2. The van der Waals surface area contributed by atoms with Crippen molar-refractivity contribution in [2.75, 3.05) is 0 Å². The van der Waals surface area contributed by atoms with Crippen LogP contribution in [0.3, 0.4) is 0 Å². The van der Waals surface area contributed by atoms with Crippen LogP contribution in [0.15, 0.2) is 36.4 Å². The van der Waals surface area contributed by atoms with Gasteiger partial charge in [0, 0.05) is 11.1 Å². The largest absolute Gasteiger partial charge is 0.508 e. The highest BCUT2D eigenvalue weighted by Crippen LogP contribution is 2.25. The quantitative estimate of drug-likeness (QED) is 0.630. The molecular weight excluding hydrogens is 304 g/mol. The molecule has 0 aliphatic rings. The third-order valence-electron chi connectivity index (χ3n) is 3.94. The SMILES string of the molecule is CC(C)c1cc(O)cc(C(=O)C(=O)c2cc(O)cc(C(C)C)c2)c1. The average molecular weight is 326 g/mol.